The molecule has 2 aromatic carbocycles. The summed E-state index contributed by atoms with van der Waals surface area (Å²) in [4.78, 5) is 0. The van der Waals surface area contributed by atoms with Crippen molar-refractivity contribution in [2.75, 3.05) is 0 Å². The second kappa shape index (κ2) is 8.61. The third-order valence-electron chi connectivity index (χ3n) is 5.86. The monoisotopic (exact) mass is 422 g/mol. The molecule has 0 N–H and O–H groups in total. The van der Waals surface area contributed by atoms with Crippen LogP contribution in [0.25, 0.3) is 10.9 Å². The molecule has 0 saturated carbocycles. The first-order valence-corrected chi connectivity index (χ1v) is 10.5. The van der Waals surface area contributed by atoms with Crippen molar-refractivity contribution in [3.8, 4) is 0 Å². The van der Waals surface area contributed by atoms with Gasteiger partial charge in [0.05, 0.1) is 0 Å². The van der Waals surface area contributed by atoms with E-state index in [1.165, 1.54) is 47.7 Å². The predicted molar refractivity (Wildman–Crippen MR) is 115 cm³/mol. The maximum Gasteiger partial charge on any atom is 0.173 e. The lowest BCUT2D eigenvalue weighted by molar-refractivity contribution is -0.688. The molecular formula is C25H24Cl2N2. The highest BCUT2D eigenvalue weighted by Gasteiger charge is 2.19. The number of hydrogen-bond donors (Lipinski definition) is 0. The van der Waals surface area contributed by atoms with Crippen molar-refractivity contribution in [3.05, 3.63) is 100 Å². The van der Waals surface area contributed by atoms with Crippen molar-refractivity contribution in [1.29, 1.82) is 0 Å². The summed E-state index contributed by atoms with van der Waals surface area (Å²) in [6.07, 6.45) is 9.41. The summed E-state index contributed by atoms with van der Waals surface area (Å²) in [5.41, 5.74) is 7.11. The van der Waals surface area contributed by atoms with E-state index in [0.29, 0.717) is 0 Å². The van der Waals surface area contributed by atoms with Gasteiger partial charge in [0.15, 0.2) is 18.9 Å². The number of benzene rings is 2. The van der Waals surface area contributed by atoms with E-state index in [1.54, 1.807) is 11.3 Å². The molecule has 0 radical (unpaired) electrons. The molecule has 0 unspecified atom stereocenters. The van der Waals surface area contributed by atoms with Crippen LogP contribution in [0.5, 0.6) is 0 Å². The van der Waals surface area contributed by atoms with Gasteiger partial charge in [-0.05, 0) is 55.0 Å². The Morgan fingerprint density at radius 1 is 0.828 bits per heavy atom. The van der Waals surface area contributed by atoms with Crippen LogP contribution in [0.1, 0.15) is 35.2 Å². The van der Waals surface area contributed by atoms with E-state index >= 15 is 0 Å². The Labute approximate surface area is 183 Å². The third-order valence-corrected chi connectivity index (χ3v) is 6.12. The molecule has 5 rings (SSSR count). The van der Waals surface area contributed by atoms with Crippen LogP contribution in [0, 0.1) is 0 Å². The highest BCUT2D eigenvalue weighted by molar-refractivity contribution is 6.30. The molecule has 0 fully saturated rings. The lowest BCUT2D eigenvalue weighted by Gasteiger charge is -2.16. The minimum atomic E-state index is 0. The van der Waals surface area contributed by atoms with Crippen molar-refractivity contribution in [1.82, 2.24) is 4.57 Å². The van der Waals surface area contributed by atoms with Crippen LogP contribution < -0.4 is 17.0 Å². The molecule has 0 atom stereocenters. The van der Waals surface area contributed by atoms with Gasteiger partial charge in [0.25, 0.3) is 0 Å². The lowest BCUT2D eigenvalue weighted by atomic mass is 9.95. The van der Waals surface area contributed by atoms with Gasteiger partial charge >= 0.3 is 0 Å². The zero-order valence-corrected chi connectivity index (χ0v) is 17.8. The summed E-state index contributed by atoms with van der Waals surface area (Å²) in [6, 6.07) is 21.5. The van der Waals surface area contributed by atoms with Crippen LogP contribution in [0.4, 0.5) is 0 Å². The van der Waals surface area contributed by atoms with Gasteiger partial charge in [-0.2, -0.15) is 0 Å². The minimum absolute atomic E-state index is 0. The summed E-state index contributed by atoms with van der Waals surface area (Å²) in [5.74, 6) is 0. The molecule has 1 aliphatic rings. The molecule has 0 bridgehead atoms. The first-order valence-electron chi connectivity index (χ1n) is 10.1. The van der Waals surface area contributed by atoms with Gasteiger partial charge in [-0.15, -0.1) is 0 Å². The molecule has 29 heavy (non-hydrogen) atoms. The fourth-order valence-electron chi connectivity index (χ4n) is 4.45. The zero-order valence-electron chi connectivity index (χ0n) is 16.3. The predicted octanol–water partition coefficient (Wildman–Crippen LogP) is 2.56. The minimum Gasteiger partial charge on any atom is -1.00 e. The summed E-state index contributed by atoms with van der Waals surface area (Å²) in [5, 5.41) is 2.23. The smallest absolute Gasteiger partial charge is 0.173 e. The fourth-order valence-corrected chi connectivity index (χ4v) is 4.58. The normalized spacial score (nSPS) is 13.1. The molecule has 4 heteroatoms. The van der Waals surface area contributed by atoms with Crippen LogP contribution in [0.2, 0.25) is 5.02 Å². The lowest BCUT2D eigenvalue weighted by Crippen LogP contribution is -3.00. The van der Waals surface area contributed by atoms with E-state index in [9.17, 15) is 0 Å². The standard InChI is InChI=1S/C25H24ClN2.ClH/c26-21-11-9-19(10-12-21)17-27-15-13-20(14-16-27)18-28-24-7-3-1-5-22(24)23-6-2-4-8-25(23)28;/h1,3,5,7,9-16H,2,4,6,8,17-18H2;1H/q+1;/p-1. The van der Waals surface area contributed by atoms with Crippen LogP contribution in [-0.2, 0) is 25.9 Å². The Balaban J connectivity index is 0.00000205. The van der Waals surface area contributed by atoms with E-state index in [4.69, 9.17) is 11.6 Å². The molecule has 1 aliphatic carbocycles. The fraction of sp³-hybridized carbons (Fsp3) is 0.240. The van der Waals surface area contributed by atoms with Crippen LogP contribution in [0.3, 0.4) is 0 Å². The first kappa shape index (κ1) is 20.0. The highest BCUT2D eigenvalue weighted by atomic mass is 35.5. The highest BCUT2D eigenvalue weighted by Crippen LogP contribution is 2.32. The quantitative estimate of drug-likeness (QED) is 0.447. The van der Waals surface area contributed by atoms with Crippen LogP contribution >= 0.6 is 11.6 Å². The van der Waals surface area contributed by atoms with Crippen LogP contribution in [-0.4, -0.2) is 4.57 Å². The number of aryl methyl sites for hydroxylation is 1. The summed E-state index contributed by atoms with van der Waals surface area (Å²) in [6.45, 7) is 1.80. The number of aromatic nitrogens is 2. The number of rotatable bonds is 4. The van der Waals surface area contributed by atoms with Crippen molar-refractivity contribution in [2.45, 2.75) is 38.8 Å². The molecule has 0 spiro atoms. The topological polar surface area (TPSA) is 8.81 Å². The summed E-state index contributed by atoms with van der Waals surface area (Å²) in [7, 11) is 0. The SMILES string of the molecule is Clc1ccc(C[n+]2ccc(Cn3c4c(c5ccccc53)CCCC4)cc2)cc1.[Cl-]. The van der Waals surface area contributed by atoms with Crippen molar-refractivity contribution in [3.63, 3.8) is 0 Å². The third kappa shape index (κ3) is 4.05. The number of pyridine rings is 1. The zero-order chi connectivity index (χ0) is 18.9. The summed E-state index contributed by atoms with van der Waals surface area (Å²) >= 11 is 5.99. The molecule has 2 nitrogen and oxygen atoms in total. The van der Waals surface area contributed by atoms with E-state index < -0.39 is 0 Å². The Kier molecular flexibility index (Phi) is 5.94. The van der Waals surface area contributed by atoms with Gasteiger partial charge in [0.2, 0.25) is 0 Å². The number of nitrogens with zero attached hydrogens (tertiary/aromatic N) is 2. The number of para-hydroxylation sites is 1. The molecule has 0 saturated heterocycles. The molecule has 0 aliphatic heterocycles. The Morgan fingerprint density at radius 2 is 1.55 bits per heavy atom. The Bertz CT molecular complexity index is 1110. The van der Waals surface area contributed by atoms with Gasteiger partial charge in [0, 0.05) is 45.9 Å². The van der Waals surface area contributed by atoms with E-state index in [-0.39, 0.29) is 12.4 Å². The first-order chi connectivity index (χ1) is 13.8. The molecule has 4 aromatic rings. The largest absolute Gasteiger partial charge is 1.00 e. The molecule has 0 amide bonds. The average Bonchev–Trinajstić information content (AvgIpc) is 3.05. The van der Waals surface area contributed by atoms with Crippen LogP contribution in [0.15, 0.2) is 73.1 Å². The van der Waals surface area contributed by atoms with Gasteiger partial charge in [-0.3, -0.25) is 0 Å². The van der Waals surface area contributed by atoms with E-state index in [1.807, 2.05) is 12.1 Å². The maximum absolute atomic E-state index is 5.99. The molecule has 148 valence electrons. The average molecular weight is 423 g/mol. The molecule has 2 aromatic heterocycles. The second-order valence-electron chi connectivity index (χ2n) is 7.74. The Hall–Kier alpha value is -2.29. The van der Waals surface area contributed by atoms with E-state index in [0.717, 1.165) is 18.1 Å². The molecule has 2 heterocycles. The van der Waals surface area contributed by atoms with Gasteiger partial charge in [-0.1, -0.05) is 41.9 Å². The second-order valence-corrected chi connectivity index (χ2v) is 8.18. The van der Waals surface area contributed by atoms with Gasteiger partial charge in [-0.25, -0.2) is 4.57 Å². The Morgan fingerprint density at radius 3 is 2.34 bits per heavy atom. The number of hydrogen-bond acceptors (Lipinski definition) is 0. The van der Waals surface area contributed by atoms with E-state index in [2.05, 4.69) is 70.1 Å². The number of halogens is 2. The summed E-state index contributed by atoms with van der Waals surface area (Å²) < 4.78 is 4.76. The van der Waals surface area contributed by atoms with Crippen molar-refractivity contribution < 1.29 is 17.0 Å². The molecular weight excluding hydrogens is 399 g/mol. The maximum atomic E-state index is 5.99. The van der Waals surface area contributed by atoms with Gasteiger partial charge in [0.1, 0.15) is 0 Å². The van der Waals surface area contributed by atoms with Crippen molar-refractivity contribution in [2.24, 2.45) is 0 Å². The number of fused-ring (bicyclic) bond motifs is 3. The van der Waals surface area contributed by atoms with Crippen molar-refractivity contribution >= 4 is 22.5 Å². The van der Waals surface area contributed by atoms with Gasteiger partial charge < -0.3 is 17.0 Å².